The normalized spacial score (nSPS) is 20.5. The van der Waals surface area contributed by atoms with Crippen LogP contribution < -0.4 is 5.32 Å². The standard InChI is InChI=1S/C31H35N3O4/c1-21(34-18-17-31(38-29(34)36,20-30(2,3)37)25-7-5-4-6-8-25)22-9-11-23(12-10-22)27-16-13-24(19-32-27)28(35)33-26-14-15-26/h4-13,16,19,21,26,37H,14-15,17-18,20H2,1-3H3,(H,33,35). The van der Waals surface area contributed by atoms with Crippen LogP contribution in [0.4, 0.5) is 4.79 Å². The molecular formula is C31H35N3O4. The monoisotopic (exact) mass is 513 g/mol. The van der Waals surface area contributed by atoms with E-state index in [1.165, 1.54) is 0 Å². The van der Waals surface area contributed by atoms with E-state index in [1.54, 1.807) is 31.0 Å². The minimum Gasteiger partial charge on any atom is -0.438 e. The number of ether oxygens (including phenoxy) is 1. The molecular weight excluding hydrogens is 478 g/mol. The SMILES string of the molecule is CC(c1ccc(-c2ccc(C(=O)NC3CC3)cn2)cc1)N1CCC(CC(C)(C)O)(c2ccccc2)OC1=O. The van der Waals surface area contributed by atoms with Crippen molar-refractivity contribution in [3.05, 3.63) is 89.6 Å². The molecule has 1 saturated carbocycles. The van der Waals surface area contributed by atoms with Gasteiger partial charge in [-0.15, -0.1) is 0 Å². The third-order valence-corrected chi connectivity index (χ3v) is 7.39. The molecule has 2 atom stereocenters. The molecule has 2 heterocycles. The Bertz CT molecular complexity index is 1280. The lowest BCUT2D eigenvalue weighted by atomic mass is 9.80. The first-order valence-electron chi connectivity index (χ1n) is 13.3. The molecule has 0 radical (unpaired) electrons. The lowest BCUT2D eigenvalue weighted by Gasteiger charge is -2.45. The molecule has 2 N–H and O–H groups in total. The lowest BCUT2D eigenvalue weighted by Crippen LogP contribution is -2.51. The van der Waals surface area contributed by atoms with Crippen LogP contribution in [0.3, 0.4) is 0 Å². The van der Waals surface area contributed by atoms with Crippen molar-refractivity contribution in [3.63, 3.8) is 0 Å². The van der Waals surface area contributed by atoms with Crippen LogP contribution in [-0.4, -0.2) is 45.2 Å². The van der Waals surface area contributed by atoms with Crippen molar-refractivity contribution in [2.45, 2.75) is 69.7 Å². The van der Waals surface area contributed by atoms with E-state index in [1.807, 2.05) is 67.6 Å². The van der Waals surface area contributed by atoms with E-state index < -0.39 is 11.2 Å². The molecule has 7 nitrogen and oxygen atoms in total. The third kappa shape index (κ3) is 5.73. The van der Waals surface area contributed by atoms with Gasteiger partial charge in [0.25, 0.3) is 5.91 Å². The highest BCUT2D eigenvalue weighted by molar-refractivity contribution is 5.94. The summed E-state index contributed by atoms with van der Waals surface area (Å²) in [5.41, 5.74) is 2.30. The highest BCUT2D eigenvalue weighted by atomic mass is 16.6. The Hall–Kier alpha value is -3.71. The number of hydrogen-bond acceptors (Lipinski definition) is 5. The van der Waals surface area contributed by atoms with Gasteiger partial charge in [0.2, 0.25) is 0 Å². The second kappa shape index (κ2) is 10.2. The van der Waals surface area contributed by atoms with Gasteiger partial charge < -0.3 is 20.1 Å². The van der Waals surface area contributed by atoms with E-state index in [9.17, 15) is 14.7 Å². The lowest BCUT2D eigenvalue weighted by molar-refractivity contribution is -0.101. The van der Waals surface area contributed by atoms with Gasteiger partial charge in [-0.2, -0.15) is 0 Å². The number of cyclic esters (lactones) is 1. The van der Waals surface area contributed by atoms with Gasteiger partial charge in [-0.25, -0.2) is 4.79 Å². The highest BCUT2D eigenvalue weighted by Crippen LogP contribution is 2.42. The zero-order chi connectivity index (χ0) is 26.9. The Morgan fingerprint density at radius 2 is 1.84 bits per heavy atom. The third-order valence-electron chi connectivity index (χ3n) is 7.39. The zero-order valence-electron chi connectivity index (χ0n) is 22.2. The van der Waals surface area contributed by atoms with E-state index >= 15 is 0 Å². The number of aromatic nitrogens is 1. The Labute approximate surface area is 223 Å². The van der Waals surface area contributed by atoms with Gasteiger partial charge in [-0.3, -0.25) is 9.78 Å². The molecule has 38 heavy (non-hydrogen) atoms. The van der Waals surface area contributed by atoms with Crippen molar-refractivity contribution >= 4 is 12.0 Å². The molecule has 1 aromatic heterocycles. The van der Waals surface area contributed by atoms with E-state index in [4.69, 9.17) is 4.74 Å². The topological polar surface area (TPSA) is 91.8 Å². The van der Waals surface area contributed by atoms with E-state index in [0.717, 1.165) is 35.2 Å². The van der Waals surface area contributed by atoms with E-state index in [-0.39, 0.29) is 18.0 Å². The molecule has 2 amide bonds. The first kappa shape index (κ1) is 25.9. The minimum absolute atomic E-state index is 0.0806. The number of rotatable bonds is 8. The Kier molecular flexibility index (Phi) is 6.97. The Morgan fingerprint density at radius 1 is 1.13 bits per heavy atom. The van der Waals surface area contributed by atoms with Crippen molar-refractivity contribution < 1.29 is 19.4 Å². The first-order chi connectivity index (χ1) is 18.1. The predicted octanol–water partition coefficient (Wildman–Crippen LogP) is 5.60. The summed E-state index contributed by atoms with van der Waals surface area (Å²) in [7, 11) is 0. The maximum absolute atomic E-state index is 13.3. The van der Waals surface area contributed by atoms with Crippen LogP contribution in [0, 0.1) is 0 Å². The van der Waals surface area contributed by atoms with Crippen LogP contribution in [0.15, 0.2) is 72.9 Å². The molecule has 0 bridgehead atoms. The fraction of sp³-hybridized carbons (Fsp3) is 0.387. The van der Waals surface area contributed by atoms with Crippen LogP contribution in [0.25, 0.3) is 11.3 Å². The van der Waals surface area contributed by atoms with Crippen LogP contribution in [0.2, 0.25) is 0 Å². The Balaban J connectivity index is 1.28. The van der Waals surface area contributed by atoms with Crippen molar-refractivity contribution in [2.75, 3.05) is 6.54 Å². The van der Waals surface area contributed by atoms with Crippen LogP contribution in [-0.2, 0) is 10.3 Å². The van der Waals surface area contributed by atoms with E-state index in [2.05, 4.69) is 10.3 Å². The molecule has 1 aliphatic carbocycles. The largest absolute Gasteiger partial charge is 0.438 e. The quantitative estimate of drug-likeness (QED) is 0.409. The molecule has 5 rings (SSSR count). The average molecular weight is 514 g/mol. The van der Waals surface area contributed by atoms with Gasteiger partial charge in [0, 0.05) is 37.2 Å². The predicted molar refractivity (Wildman–Crippen MR) is 145 cm³/mol. The summed E-state index contributed by atoms with van der Waals surface area (Å²) in [4.78, 5) is 31.8. The van der Waals surface area contributed by atoms with Crippen LogP contribution >= 0.6 is 0 Å². The number of nitrogens with zero attached hydrogens (tertiary/aromatic N) is 2. The van der Waals surface area contributed by atoms with Gasteiger partial charge in [0.05, 0.1) is 22.9 Å². The van der Waals surface area contributed by atoms with Crippen molar-refractivity contribution in [3.8, 4) is 11.3 Å². The van der Waals surface area contributed by atoms with Crippen LogP contribution in [0.5, 0.6) is 0 Å². The second-order valence-electron chi connectivity index (χ2n) is 11.1. The van der Waals surface area contributed by atoms with Gasteiger partial charge in [0.15, 0.2) is 0 Å². The first-order valence-corrected chi connectivity index (χ1v) is 13.3. The van der Waals surface area contributed by atoms with Crippen LogP contribution in [0.1, 0.15) is 74.0 Å². The summed E-state index contributed by atoms with van der Waals surface area (Å²) in [5.74, 6) is -0.0806. The number of amides is 2. The van der Waals surface area contributed by atoms with Gasteiger partial charge in [-0.1, -0.05) is 54.6 Å². The summed E-state index contributed by atoms with van der Waals surface area (Å²) in [6.07, 6.45) is 4.22. The Morgan fingerprint density at radius 3 is 2.42 bits per heavy atom. The molecule has 3 aromatic rings. The molecule has 1 aliphatic heterocycles. The molecule has 7 heteroatoms. The maximum atomic E-state index is 13.3. The van der Waals surface area contributed by atoms with Gasteiger partial charge in [0.1, 0.15) is 5.60 Å². The smallest absolute Gasteiger partial charge is 0.411 e. The van der Waals surface area contributed by atoms with Gasteiger partial charge in [-0.05, 0) is 56.9 Å². The van der Waals surface area contributed by atoms with E-state index in [0.29, 0.717) is 31.0 Å². The minimum atomic E-state index is -0.993. The highest BCUT2D eigenvalue weighted by Gasteiger charge is 2.46. The summed E-state index contributed by atoms with van der Waals surface area (Å²) in [6, 6.07) is 21.4. The fourth-order valence-electron chi connectivity index (χ4n) is 5.20. The second-order valence-corrected chi connectivity index (χ2v) is 11.1. The van der Waals surface area contributed by atoms with Gasteiger partial charge >= 0.3 is 6.09 Å². The molecule has 2 fully saturated rings. The zero-order valence-corrected chi connectivity index (χ0v) is 22.2. The molecule has 2 aliphatic rings. The molecule has 198 valence electrons. The summed E-state index contributed by atoms with van der Waals surface area (Å²) < 4.78 is 6.13. The maximum Gasteiger partial charge on any atom is 0.411 e. The number of benzene rings is 2. The van der Waals surface area contributed by atoms with Crippen molar-refractivity contribution in [1.29, 1.82) is 0 Å². The molecule has 2 unspecified atom stereocenters. The number of nitrogens with one attached hydrogen (secondary N) is 1. The number of carbonyl (C=O) groups is 2. The average Bonchev–Trinajstić information content (AvgIpc) is 3.72. The fourth-order valence-corrected chi connectivity index (χ4v) is 5.20. The summed E-state index contributed by atoms with van der Waals surface area (Å²) in [6.45, 7) is 5.99. The number of pyridine rings is 1. The number of hydrogen-bond donors (Lipinski definition) is 2. The summed E-state index contributed by atoms with van der Waals surface area (Å²) >= 11 is 0. The van der Waals surface area contributed by atoms with Crippen molar-refractivity contribution in [1.82, 2.24) is 15.2 Å². The number of aliphatic hydroxyl groups is 1. The molecule has 2 aromatic carbocycles. The number of carbonyl (C=O) groups excluding carboxylic acids is 2. The summed E-state index contributed by atoms with van der Waals surface area (Å²) in [5, 5.41) is 13.6. The molecule has 1 saturated heterocycles. The van der Waals surface area contributed by atoms with Crippen molar-refractivity contribution in [2.24, 2.45) is 0 Å². The molecule has 0 spiro atoms.